The highest BCUT2D eigenvalue weighted by Gasteiger charge is 2.31. The van der Waals surface area contributed by atoms with E-state index in [4.69, 9.17) is 0 Å². The lowest BCUT2D eigenvalue weighted by atomic mass is 9.93. The van der Waals surface area contributed by atoms with Crippen molar-refractivity contribution in [3.8, 4) is 0 Å². The molecule has 0 bridgehead atoms. The zero-order valence-corrected chi connectivity index (χ0v) is 7.10. The molecule has 0 saturated carbocycles. The molecule has 2 aliphatic rings. The van der Waals surface area contributed by atoms with E-state index < -0.39 is 0 Å². The van der Waals surface area contributed by atoms with Crippen LogP contribution in [0.25, 0.3) is 0 Å². The van der Waals surface area contributed by atoms with Gasteiger partial charge in [0, 0.05) is 6.04 Å². The Bertz CT molecular complexity index is 183. The number of carbonyl (C=O) groups is 1. The van der Waals surface area contributed by atoms with E-state index in [1.165, 1.54) is 0 Å². The number of hydrogen-bond donors (Lipinski definition) is 3. The normalized spacial score (nSPS) is 36.5. The van der Waals surface area contributed by atoms with E-state index >= 15 is 0 Å². The third-order valence-electron chi connectivity index (χ3n) is 2.71. The first kappa shape index (κ1) is 8.01. The van der Waals surface area contributed by atoms with Gasteiger partial charge in [-0.1, -0.05) is 0 Å². The lowest BCUT2D eigenvalue weighted by Gasteiger charge is -2.30. The molecule has 2 fully saturated rings. The summed E-state index contributed by atoms with van der Waals surface area (Å²) in [6.07, 6.45) is 2.03. The molecule has 0 aromatic heterocycles. The van der Waals surface area contributed by atoms with E-state index in [2.05, 4.69) is 16.0 Å². The molecule has 2 aliphatic heterocycles. The highest BCUT2D eigenvalue weighted by atomic mass is 16.2. The molecule has 12 heavy (non-hydrogen) atoms. The van der Waals surface area contributed by atoms with E-state index in [0.717, 1.165) is 25.9 Å². The van der Waals surface area contributed by atoms with Gasteiger partial charge in [0.2, 0.25) is 5.91 Å². The van der Waals surface area contributed by atoms with Crippen LogP contribution in [0.3, 0.4) is 0 Å². The third-order valence-corrected chi connectivity index (χ3v) is 2.71. The fourth-order valence-corrected chi connectivity index (χ4v) is 2.00. The zero-order valence-electron chi connectivity index (χ0n) is 7.10. The van der Waals surface area contributed by atoms with E-state index in [1.807, 2.05) is 0 Å². The molecule has 1 amide bonds. The zero-order chi connectivity index (χ0) is 8.39. The maximum Gasteiger partial charge on any atom is 0.225 e. The Morgan fingerprint density at radius 2 is 2.08 bits per heavy atom. The standard InChI is InChI=1S/C8H15N3O/c12-8-6-1-3-9-4-2-7(6)10-5-11-8/h6-7,9-10H,1-5H2,(H,11,12). The Morgan fingerprint density at radius 1 is 1.25 bits per heavy atom. The molecule has 0 aromatic carbocycles. The van der Waals surface area contributed by atoms with Crippen LogP contribution in [0.5, 0.6) is 0 Å². The van der Waals surface area contributed by atoms with Gasteiger partial charge in [-0.15, -0.1) is 0 Å². The summed E-state index contributed by atoms with van der Waals surface area (Å²) in [6, 6.07) is 0.397. The Balaban J connectivity index is 2.05. The molecule has 0 spiro atoms. The summed E-state index contributed by atoms with van der Waals surface area (Å²) in [5.41, 5.74) is 0. The molecule has 2 saturated heterocycles. The second kappa shape index (κ2) is 3.41. The van der Waals surface area contributed by atoms with Crippen LogP contribution in [-0.4, -0.2) is 31.7 Å². The van der Waals surface area contributed by atoms with Crippen molar-refractivity contribution < 1.29 is 4.79 Å². The predicted octanol–water partition coefficient (Wildman–Crippen LogP) is -0.968. The summed E-state index contributed by atoms with van der Waals surface area (Å²) in [4.78, 5) is 11.4. The molecule has 4 nitrogen and oxygen atoms in total. The Hall–Kier alpha value is -0.610. The SMILES string of the molecule is O=C1NCNC2CCNCCC12. The lowest BCUT2D eigenvalue weighted by Crippen LogP contribution is -2.54. The van der Waals surface area contributed by atoms with Gasteiger partial charge in [-0.25, -0.2) is 0 Å². The summed E-state index contributed by atoms with van der Waals surface area (Å²) in [6.45, 7) is 2.64. The number of amides is 1. The second-order valence-electron chi connectivity index (χ2n) is 3.46. The minimum absolute atomic E-state index is 0.189. The number of nitrogens with one attached hydrogen (secondary N) is 3. The van der Waals surface area contributed by atoms with Crippen LogP contribution >= 0.6 is 0 Å². The van der Waals surface area contributed by atoms with Crippen LogP contribution in [0.1, 0.15) is 12.8 Å². The van der Waals surface area contributed by atoms with Gasteiger partial charge < -0.3 is 10.6 Å². The van der Waals surface area contributed by atoms with Crippen LogP contribution in [-0.2, 0) is 4.79 Å². The van der Waals surface area contributed by atoms with E-state index in [0.29, 0.717) is 12.7 Å². The molecule has 2 unspecified atom stereocenters. The highest BCUT2D eigenvalue weighted by Crippen LogP contribution is 2.16. The highest BCUT2D eigenvalue weighted by molar-refractivity contribution is 5.80. The molecule has 68 valence electrons. The van der Waals surface area contributed by atoms with E-state index in [1.54, 1.807) is 0 Å². The molecule has 0 radical (unpaired) electrons. The maximum atomic E-state index is 11.4. The molecule has 2 rings (SSSR count). The van der Waals surface area contributed by atoms with Gasteiger partial charge in [0.1, 0.15) is 0 Å². The minimum Gasteiger partial charge on any atom is -0.343 e. The Kier molecular flexibility index (Phi) is 2.28. The summed E-state index contributed by atoms with van der Waals surface area (Å²) in [7, 11) is 0. The van der Waals surface area contributed by atoms with Crippen molar-refractivity contribution in [1.82, 2.24) is 16.0 Å². The van der Waals surface area contributed by atoms with Crippen molar-refractivity contribution in [3.05, 3.63) is 0 Å². The molecule has 4 heteroatoms. The van der Waals surface area contributed by atoms with Gasteiger partial charge >= 0.3 is 0 Å². The van der Waals surface area contributed by atoms with Crippen LogP contribution in [0.2, 0.25) is 0 Å². The lowest BCUT2D eigenvalue weighted by molar-refractivity contribution is -0.128. The van der Waals surface area contributed by atoms with Crippen molar-refractivity contribution in [2.75, 3.05) is 19.8 Å². The fraction of sp³-hybridized carbons (Fsp3) is 0.875. The van der Waals surface area contributed by atoms with Crippen LogP contribution in [0.4, 0.5) is 0 Å². The molecule has 2 heterocycles. The first-order valence-corrected chi connectivity index (χ1v) is 4.60. The summed E-state index contributed by atoms with van der Waals surface area (Å²) in [5, 5.41) is 9.45. The van der Waals surface area contributed by atoms with E-state index in [-0.39, 0.29) is 11.8 Å². The molecule has 0 aromatic rings. The molecule has 0 aliphatic carbocycles. The average molecular weight is 169 g/mol. The van der Waals surface area contributed by atoms with Crippen LogP contribution < -0.4 is 16.0 Å². The average Bonchev–Trinajstić information content (AvgIpc) is 2.30. The fourth-order valence-electron chi connectivity index (χ4n) is 2.00. The molecular weight excluding hydrogens is 154 g/mol. The van der Waals surface area contributed by atoms with E-state index in [9.17, 15) is 4.79 Å². The number of hydrogen-bond acceptors (Lipinski definition) is 3. The number of carbonyl (C=O) groups excluding carboxylic acids is 1. The predicted molar refractivity (Wildman–Crippen MR) is 45.5 cm³/mol. The monoisotopic (exact) mass is 169 g/mol. The van der Waals surface area contributed by atoms with Gasteiger partial charge in [0.25, 0.3) is 0 Å². The second-order valence-corrected chi connectivity index (χ2v) is 3.46. The summed E-state index contributed by atoms with van der Waals surface area (Å²) in [5.74, 6) is 0.413. The van der Waals surface area contributed by atoms with Crippen molar-refractivity contribution >= 4 is 5.91 Å². The molecule has 3 N–H and O–H groups in total. The van der Waals surface area contributed by atoms with Crippen molar-refractivity contribution in [2.45, 2.75) is 18.9 Å². The van der Waals surface area contributed by atoms with Crippen LogP contribution in [0.15, 0.2) is 0 Å². The number of fused-ring (bicyclic) bond motifs is 1. The maximum absolute atomic E-state index is 11.4. The van der Waals surface area contributed by atoms with Crippen molar-refractivity contribution in [2.24, 2.45) is 5.92 Å². The summed E-state index contributed by atoms with van der Waals surface area (Å²) >= 11 is 0. The smallest absolute Gasteiger partial charge is 0.225 e. The van der Waals surface area contributed by atoms with Gasteiger partial charge in [-0.2, -0.15) is 0 Å². The van der Waals surface area contributed by atoms with Gasteiger partial charge in [0.05, 0.1) is 12.6 Å². The van der Waals surface area contributed by atoms with Gasteiger partial charge in [0.15, 0.2) is 0 Å². The quantitative estimate of drug-likeness (QED) is 0.437. The minimum atomic E-state index is 0.189. The first-order chi connectivity index (χ1) is 5.88. The van der Waals surface area contributed by atoms with Crippen LogP contribution in [0, 0.1) is 5.92 Å². The largest absolute Gasteiger partial charge is 0.343 e. The van der Waals surface area contributed by atoms with Crippen molar-refractivity contribution in [1.29, 1.82) is 0 Å². The summed E-state index contributed by atoms with van der Waals surface area (Å²) < 4.78 is 0. The molecule has 2 atom stereocenters. The Morgan fingerprint density at radius 3 is 3.00 bits per heavy atom. The third kappa shape index (κ3) is 1.44. The topological polar surface area (TPSA) is 53.2 Å². The van der Waals surface area contributed by atoms with Crippen molar-refractivity contribution in [3.63, 3.8) is 0 Å². The van der Waals surface area contributed by atoms with Gasteiger partial charge in [-0.3, -0.25) is 10.1 Å². The molecular formula is C8H15N3O. The Labute approximate surface area is 72.1 Å². The number of rotatable bonds is 0. The van der Waals surface area contributed by atoms with Gasteiger partial charge in [-0.05, 0) is 25.9 Å². The first-order valence-electron chi connectivity index (χ1n) is 4.60.